The molecule has 0 aliphatic heterocycles. The Bertz CT molecular complexity index is 1080. The van der Waals surface area contributed by atoms with Crippen LogP contribution in [0.15, 0.2) is 29.6 Å². The van der Waals surface area contributed by atoms with Crippen molar-refractivity contribution in [2.45, 2.75) is 51.9 Å². The van der Waals surface area contributed by atoms with Gasteiger partial charge in [0.05, 0.1) is 47.5 Å². The van der Waals surface area contributed by atoms with Crippen LogP contribution in [-0.2, 0) is 21.3 Å². The summed E-state index contributed by atoms with van der Waals surface area (Å²) in [5.74, 6) is 2.60. The molecule has 31 heavy (non-hydrogen) atoms. The number of imidazole rings is 1. The van der Waals surface area contributed by atoms with Crippen LogP contribution in [0.3, 0.4) is 0 Å². The van der Waals surface area contributed by atoms with Crippen molar-refractivity contribution in [1.82, 2.24) is 15.0 Å². The Morgan fingerprint density at radius 3 is 2.45 bits per heavy atom. The van der Waals surface area contributed by atoms with Crippen molar-refractivity contribution in [2.24, 2.45) is 5.92 Å². The highest BCUT2D eigenvalue weighted by Gasteiger charge is 2.16. The number of fused-ring (bicyclic) bond motifs is 1. The van der Waals surface area contributed by atoms with Gasteiger partial charge in [-0.25, -0.2) is 4.98 Å². The normalized spacial score (nSPS) is 11.7. The van der Waals surface area contributed by atoms with Crippen molar-refractivity contribution in [3.63, 3.8) is 0 Å². The Hall–Kier alpha value is -2.74. The van der Waals surface area contributed by atoms with Crippen LogP contribution in [0, 0.1) is 19.8 Å². The SMILES string of the molecule is CC(=O)CC(C)C.COc1ccc2nc([S@@](=O)Cc3ncc(C)c(OC)c3C)[nH]c2c1. The number of benzene rings is 1. The van der Waals surface area contributed by atoms with E-state index in [0.29, 0.717) is 11.1 Å². The minimum atomic E-state index is -1.33. The van der Waals surface area contributed by atoms with Gasteiger partial charge in [-0.05, 0) is 38.8 Å². The lowest BCUT2D eigenvalue weighted by Gasteiger charge is -2.11. The van der Waals surface area contributed by atoms with Crippen LogP contribution in [-0.4, -0.2) is 39.2 Å². The minimum Gasteiger partial charge on any atom is -0.497 e. The second-order valence-corrected chi connectivity index (χ2v) is 9.13. The van der Waals surface area contributed by atoms with Gasteiger partial charge < -0.3 is 19.3 Å². The maximum atomic E-state index is 12.7. The average molecular weight is 446 g/mol. The van der Waals surface area contributed by atoms with Gasteiger partial charge in [-0.2, -0.15) is 0 Å². The number of aromatic nitrogens is 3. The highest BCUT2D eigenvalue weighted by atomic mass is 32.2. The molecule has 1 atom stereocenters. The number of ketones is 1. The van der Waals surface area contributed by atoms with Gasteiger partial charge in [0.2, 0.25) is 0 Å². The summed E-state index contributed by atoms with van der Waals surface area (Å²) in [5, 5.41) is 0.430. The summed E-state index contributed by atoms with van der Waals surface area (Å²) < 4.78 is 23.3. The van der Waals surface area contributed by atoms with Crippen molar-refractivity contribution >= 4 is 27.6 Å². The molecule has 7 nitrogen and oxygen atoms in total. The quantitative estimate of drug-likeness (QED) is 0.575. The summed E-state index contributed by atoms with van der Waals surface area (Å²) in [6.07, 6.45) is 2.46. The zero-order valence-corrected chi connectivity index (χ0v) is 20.1. The number of pyridine rings is 1. The second-order valence-electron chi connectivity index (χ2n) is 7.76. The Morgan fingerprint density at radius 2 is 1.90 bits per heavy atom. The number of hydrogen-bond acceptors (Lipinski definition) is 6. The number of methoxy groups -OCH3 is 2. The molecule has 168 valence electrons. The van der Waals surface area contributed by atoms with Gasteiger partial charge in [-0.3, -0.25) is 9.19 Å². The Labute approximate surface area is 186 Å². The number of nitrogens with zero attached hydrogens (tertiary/aromatic N) is 2. The van der Waals surface area contributed by atoms with E-state index in [1.807, 2.05) is 45.9 Å². The molecular formula is C23H31N3O4S. The lowest BCUT2D eigenvalue weighted by molar-refractivity contribution is -0.117. The van der Waals surface area contributed by atoms with Crippen molar-refractivity contribution in [3.8, 4) is 11.5 Å². The summed E-state index contributed by atoms with van der Waals surface area (Å²) in [6, 6.07) is 5.50. The molecule has 0 bridgehead atoms. The third kappa shape index (κ3) is 6.62. The first kappa shape index (κ1) is 24.5. The number of nitrogens with one attached hydrogen (secondary N) is 1. The molecule has 3 rings (SSSR count). The second kappa shape index (κ2) is 11.0. The lowest BCUT2D eigenvalue weighted by Crippen LogP contribution is -2.05. The maximum absolute atomic E-state index is 12.7. The van der Waals surface area contributed by atoms with Gasteiger partial charge in [0.1, 0.15) is 17.3 Å². The van der Waals surface area contributed by atoms with Gasteiger partial charge in [-0.1, -0.05) is 13.8 Å². The van der Waals surface area contributed by atoms with Crippen molar-refractivity contribution in [3.05, 3.63) is 41.2 Å². The summed E-state index contributed by atoms with van der Waals surface area (Å²) in [4.78, 5) is 22.2. The van der Waals surface area contributed by atoms with E-state index in [1.165, 1.54) is 0 Å². The molecule has 0 radical (unpaired) electrons. The molecule has 0 unspecified atom stereocenters. The fourth-order valence-corrected chi connectivity index (χ4v) is 4.28. The molecule has 1 N–H and O–H groups in total. The van der Waals surface area contributed by atoms with E-state index in [4.69, 9.17) is 9.47 Å². The predicted octanol–water partition coefficient (Wildman–Crippen LogP) is 4.52. The first-order valence-corrected chi connectivity index (χ1v) is 11.4. The summed E-state index contributed by atoms with van der Waals surface area (Å²) in [7, 11) is 1.91. The smallest absolute Gasteiger partial charge is 0.197 e. The zero-order valence-electron chi connectivity index (χ0n) is 19.2. The standard InChI is InChI=1S/C17H19N3O3S.C6H12O/c1-10-8-18-15(11(2)16(10)23-4)9-24(21)17-19-13-6-5-12(22-3)7-14(13)20-17;1-5(2)4-6(3)7/h5-8H,9H2,1-4H3,(H,19,20);5H,4H2,1-3H3/t24-;/m0./s1. The minimum absolute atomic E-state index is 0.277. The van der Waals surface area contributed by atoms with Crippen LogP contribution in [0.1, 0.15) is 44.0 Å². The molecule has 2 heterocycles. The van der Waals surface area contributed by atoms with E-state index >= 15 is 0 Å². The molecule has 0 amide bonds. The Kier molecular flexibility index (Phi) is 8.74. The number of Topliss-reactive ketones (excluding diaryl/α,β-unsaturated/α-hetero) is 1. The zero-order chi connectivity index (χ0) is 23.1. The molecule has 0 fully saturated rings. The van der Waals surface area contributed by atoms with Crippen LogP contribution in [0.2, 0.25) is 0 Å². The average Bonchev–Trinajstić information content (AvgIpc) is 3.13. The molecule has 0 spiro atoms. The number of ether oxygens (including phenoxy) is 2. The first-order chi connectivity index (χ1) is 14.7. The Balaban J connectivity index is 0.000000423. The third-order valence-corrected chi connectivity index (χ3v) is 5.76. The third-order valence-electron chi connectivity index (χ3n) is 4.60. The molecule has 0 saturated heterocycles. The van der Waals surface area contributed by atoms with E-state index in [0.717, 1.165) is 45.8 Å². The molecule has 0 aliphatic carbocycles. The van der Waals surface area contributed by atoms with E-state index in [2.05, 4.69) is 15.0 Å². The van der Waals surface area contributed by atoms with Gasteiger partial charge in [0, 0.05) is 29.8 Å². The van der Waals surface area contributed by atoms with Crippen LogP contribution in [0.25, 0.3) is 11.0 Å². The van der Waals surface area contributed by atoms with Crippen molar-refractivity contribution < 1.29 is 18.5 Å². The molecular weight excluding hydrogens is 414 g/mol. The number of rotatable bonds is 7. The first-order valence-electron chi connectivity index (χ1n) is 10.1. The van der Waals surface area contributed by atoms with Crippen molar-refractivity contribution in [1.29, 1.82) is 0 Å². The van der Waals surface area contributed by atoms with E-state index in [1.54, 1.807) is 27.3 Å². The predicted molar refractivity (Wildman–Crippen MR) is 123 cm³/mol. The van der Waals surface area contributed by atoms with Crippen LogP contribution >= 0.6 is 0 Å². The number of carbonyl (C=O) groups excluding carboxylic acids is 1. The van der Waals surface area contributed by atoms with Crippen LogP contribution in [0.5, 0.6) is 11.5 Å². The fraction of sp³-hybridized carbons (Fsp3) is 0.435. The highest BCUT2D eigenvalue weighted by molar-refractivity contribution is 7.84. The van der Waals surface area contributed by atoms with E-state index in [9.17, 15) is 9.00 Å². The van der Waals surface area contributed by atoms with E-state index in [-0.39, 0.29) is 11.5 Å². The molecule has 3 aromatic rings. The van der Waals surface area contributed by atoms with Gasteiger partial charge in [-0.15, -0.1) is 0 Å². The topological polar surface area (TPSA) is 94.2 Å². The lowest BCUT2D eigenvalue weighted by atomic mass is 10.1. The molecule has 1 aromatic carbocycles. The van der Waals surface area contributed by atoms with Gasteiger partial charge >= 0.3 is 0 Å². The van der Waals surface area contributed by atoms with Crippen LogP contribution < -0.4 is 9.47 Å². The molecule has 8 heteroatoms. The number of carbonyl (C=O) groups is 1. The number of aryl methyl sites for hydroxylation is 1. The monoisotopic (exact) mass is 445 g/mol. The largest absolute Gasteiger partial charge is 0.497 e. The molecule has 0 saturated carbocycles. The maximum Gasteiger partial charge on any atom is 0.197 e. The number of hydrogen-bond donors (Lipinski definition) is 1. The summed E-state index contributed by atoms with van der Waals surface area (Å²) in [5.41, 5.74) is 4.16. The summed E-state index contributed by atoms with van der Waals surface area (Å²) in [6.45, 7) is 9.57. The molecule has 2 aromatic heterocycles. The number of H-pyrrole nitrogens is 1. The molecule has 0 aliphatic rings. The van der Waals surface area contributed by atoms with E-state index < -0.39 is 10.8 Å². The number of aromatic amines is 1. The highest BCUT2D eigenvalue weighted by Crippen LogP contribution is 2.26. The van der Waals surface area contributed by atoms with Gasteiger partial charge in [0.25, 0.3) is 0 Å². The van der Waals surface area contributed by atoms with Crippen LogP contribution in [0.4, 0.5) is 0 Å². The summed E-state index contributed by atoms with van der Waals surface area (Å²) >= 11 is 0. The Morgan fingerprint density at radius 1 is 1.19 bits per heavy atom. The van der Waals surface area contributed by atoms with Gasteiger partial charge in [0.15, 0.2) is 5.16 Å². The fourth-order valence-electron chi connectivity index (χ4n) is 3.18. The van der Waals surface area contributed by atoms with Crippen molar-refractivity contribution in [2.75, 3.05) is 14.2 Å².